The number of nitrogens with zero attached hydrogens (tertiary/aromatic N) is 4. The third-order valence-electron chi connectivity index (χ3n) is 5.16. The highest BCUT2D eigenvalue weighted by molar-refractivity contribution is 5.96. The van der Waals surface area contributed by atoms with Crippen LogP contribution in [0.15, 0.2) is 64.4 Å². The molecule has 0 aliphatic rings. The van der Waals surface area contributed by atoms with Crippen LogP contribution >= 0.6 is 0 Å². The van der Waals surface area contributed by atoms with Crippen LogP contribution in [-0.2, 0) is 6.54 Å². The van der Waals surface area contributed by atoms with E-state index in [9.17, 15) is 18.8 Å². The number of ether oxygens (including phenoxy) is 1. The zero-order chi connectivity index (χ0) is 23.0. The molecule has 0 aliphatic heterocycles. The van der Waals surface area contributed by atoms with E-state index in [4.69, 9.17) is 4.74 Å². The first kappa shape index (κ1) is 21.2. The number of hydrogen-bond acceptors (Lipinski definition) is 5. The largest absolute Gasteiger partial charge is 0.497 e. The number of ketones is 1. The third kappa shape index (κ3) is 3.62. The van der Waals surface area contributed by atoms with Crippen molar-refractivity contribution in [3.05, 3.63) is 87.1 Å². The normalized spacial score (nSPS) is 11.3. The summed E-state index contributed by atoms with van der Waals surface area (Å²) in [5.74, 6) is -0.165. The van der Waals surface area contributed by atoms with E-state index in [0.29, 0.717) is 17.0 Å². The van der Waals surface area contributed by atoms with Gasteiger partial charge in [-0.15, -0.1) is 0 Å². The monoisotopic (exact) mass is 436 g/mol. The minimum absolute atomic E-state index is 0.0990. The van der Waals surface area contributed by atoms with E-state index in [1.54, 1.807) is 38.1 Å². The standard InChI is InChI=1S/C23H21FN4O4/c1-14(2)27-22(30)20-21(28(23(27)31)17-9-7-16(24)8-10-17)25-13-26(20)12-19(29)15-5-4-6-18(11-15)32-3/h4-11,13-14H,12H2,1-3H3. The molecule has 0 aliphatic carbocycles. The summed E-state index contributed by atoms with van der Waals surface area (Å²) in [5, 5.41) is 0. The predicted octanol–water partition coefficient (Wildman–Crippen LogP) is 2.96. The number of benzene rings is 2. The number of imidazole rings is 1. The molecule has 4 aromatic rings. The number of hydrogen-bond donors (Lipinski definition) is 0. The fourth-order valence-electron chi connectivity index (χ4n) is 3.59. The van der Waals surface area contributed by atoms with Crippen LogP contribution in [0.4, 0.5) is 4.39 Å². The van der Waals surface area contributed by atoms with Crippen LogP contribution < -0.4 is 16.0 Å². The maximum atomic E-state index is 13.4. The fraction of sp³-hybridized carbons (Fsp3) is 0.217. The van der Waals surface area contributed by atoms with Gasteiger partial charge in [-0.25, -0.2) is 18.7 Å². The van der Waals surface area contributed by atoms with Gasteiger partial charge in [-0.1, -0.05) is 12.1 Å². The van der Waals surface area contributed by atoms with Gasteiger partial charge in [0.25, 0.3) is 5.56 Å². The number of carbonyl (C=O) groups is 1. The highest BCUT2D eigenvalue weighted by Crippen LogP contribution is 2.17. The second-order valence-corrected chi connectivity index (χ2v) is 7.56. The molecule has 9 heteroatoms. The molecular weight excluding hydrogens is 415 g/mol. The van der Waals surface area contributed by atoms with E-state index in [0.717, 1.165) is 4.57 Å². The van der Waals surface area contributed by atoms with Crippen molar-refractivity contribution in [3.63, 3.8) is 0 Å². The molecule has 2 heterocycles. The van der Waals surface area contributed by atoms with E-state index in [1.807, 2.05) is 0 Å². The molecule has 0 saturated carbocycles. The number of rotatable bonds is 6. The Balaban J connectivity index is 1.91. The average molecular weight is 436 g/mol. The van der Waals surface area contributed by atoms with Gasteiger partial charge >= 0.3 is 5.69 Å². The van der Waals surface area contributed by atoms with Crippen LogP contribution in [0.5, 0.6) is 5.75 Å². The SMILES string of the molecule is COc1cccc(C(=O)Cn2cnc3c2c(=O)n(C(C)C)c(=O)n3-c2ccc(F)cc2)c1. The molecule has 0 saturated heterocycles. The highest BCUT2D eigenvalue weighted by atomic mass is 19.1. The van der Waals surface area contributed by atoms with Crippen LogP contribution in [0.2, 0.25) is 0 Å². The Morgan fingerprint density at radius 2 is 1.84 bits per heavy atom. The molecule has 2 aromatic heterocycles. The fourth-order valence-corrected chi connectivity index (χ4v) is 3.59. The first-order valence-corrected chi connectivity index (χ1v) is 9.97. The van der Waals surface area contributed by atoms with Gasteiger partial charge in [0.15, 0.2) is 16.9 Å². The molecule has 0 N–H and O–H groups in total. The van der Waals surface area contributed by atoms with Crippen molar-refractivity contribution in [2.45, 2.75) is 26.4 Å². The van der Waals surface area contributed by atoms with Crippen molar-refractivity contribution >= 4 is 16.9 Å². The summed E-state index contributed by atoms with van der Waals surface area (Å²) in [6, 6.07) is 11.6. The van der Waals surface area contributed by atoms with E-state index in [1.165, 1.54) is 46.8 Å². The number of Topliss-reactive ketones (excluding diaryl/α,β-unsaturated/α-hetero) is 1. The Morgan fingerprint density at radius 1 is 1.12 bits per heavy atom. The van der Waals surface area contributed by atoms with Crippen molar-refractivity contribution in [1.82, 2.24) is 18.7 Å². The van der Waals surface area contributed by atoms with Gasteiger partial charge in [-0.2, -0.15) is 0 Å². The summed E-state index contributed by atoms with van der Waals surface area (Å²) < 4.78 is 22.4. The van der Waals surface area contributed by atoms with Crippen LogP contribution in [0.3, 0.4) is 0 Å². The Labute approximate surface area is 182 Å². The van der Waals surface area contributed by atoms with Gasteiger partial charge in [-0.05, 0) is 50.2 Å². The number of methoxy groups -OCH3 is 1. The van der Waals surface area contributed by atoms with E-state index < -0.39 is 23.1 Å². The van der Waals surface area contributed by atoms with Crippen molar-refractivity contribution in [1.29, 1.82) is 0 Å². The average Bonchev–Trinajstić information content (AvgIpc) is 3.18. The summed E-state index contributed by atoms with van der Waals surface area (Å²) in [7, 11) is 1.51. The van der Waals surface area contributed by atoms with E-state index >= 15 is 0 Å². The number of aromatic nitrogens is 4. The lowest BCUT2D eigenvalue weighted by molar-refractivity contribution is 0.0973. The molecule has 0 bridgehead atoms. The molecule has 0 atom stereocenters. The Kier molecular flexibility index (Phi) is 5.48. The summed E-state index contributed by atoms with van der Waals surface area (Å²) in [6.07, 6.45) is 1.36. The van der Waals surface area contributed by atoms with Crippen molar-refractivity contribution in [2.24, 2.45) is 0 Å². The second-order valence-electron chi connectivity index (χ2n) is 7.56. The van der Waals surface area contributed by atoms with E-state index in [-0.39, 0.29) is 23.5 Å². The minimum Gasteiger partial charge on any atom is -0.497 e. The Morgan fingerprint density at radius 3 is 2.50 bits per heavy atom. The van der Waals surface area contributed by atoms with Crippen LogP contribution in [-0.4, -0.2) is 31.6 Å². The molecule has 8 nitrogen and oxygen atoms in total. The maximum Gasteiger partial charge on any atom is 0.337 e. The zero-order valence-corrected chi connectivity index (χ0v) is 17.8. The number of carbonyl (C=O) groups excluding carboxylic acids is 1. The quantitative estimate of drug-likeness (QED) is 0.434. The molecule has 0 spiro atoms. The van der Waals surface area contributed by atoms with Crippen LogP contribution in [0.1, 0.15) is 30.2 Å². The van der Waals surface area contributed by atoms with Crippen molar-refractivity contribution in [3.8, 4) is 11.4 Å². The van der Waals surface area contributed by atoms with Gasteiger partial charge in [0.2, 0.25) is 0 Å². The molecule has 0 fully saturated rings. The topological polar surface area (TPSA) is 88.1 Å². The van der Waals surface area contributed by atoms with Crippen LogP contribution in [0.25, 0.3) is 16.9 Å². The number of halogens is 1. The third-order valence-corrected chi connectivity index (χ3v) is 5.16. The molecule has 4 rings (SSSR count). The van der Waals surface area contributed by atoms with Crippen molar-refractivity contribution in [2.75, 3.05) is 7.11 Å². The molecule has 0 amide bonds. The maximum absolute atomic E-state index is 13.4. The Hall–Kier alpha value is -4.01. The van der Waals surface area contributed by atoms with E-state index in [2.05, 4.69) is 4.98 Å². The zero-order valence-electron chi connectivity index (χ0n) is 17.8. The molecule has 0 radical (unpaired) electrons. The van der Waals surface area contributed by atoms with Gasteiger partial charge in [0.1, 0.15) is 11.6 Å². The second kappa shape index (κ2) is 8.26. The first-order chi connectivity index (χ1) is 15.3. The molecule has 32 heavy (non-hydrogen) atoms. The van der Waals surface area contributed by atoms with Crippen LogP contribution in [0, 0.1) is 5.82 Å². The molecular formula is C23H21FN4O4. The Bertz CT molecular complexity index is 1430. The van der Waals surface area contributed by atoms with Gasteiger partial charge in [0.05, 0.1) is 25.7 Å². The van der Waals surface area contributed by atoms with Crippen molar-refractivity contribution < 1.29 is 13.9 Å². The molecule has 2 aromatic carbocycles. The lowest BCUT2D eigenvalue weighted by Gasteiger charge is -2.14. The summed E-state index contributed by atoms with van der Waals surface area (Å²) in [6.45, 7) is 3.27. The molecule has 164 valence electrons. The first-order valence-electron chi connectivity index (χ1n) is 9.97. The molecule has 0 unspecified atom stereocenters. The smallest absolute Gasteiger partial charge is 0.337 e. The highest BCUT2D eigenvalue weighted by Gasteiger charge is 2.22. The van der Waals surface area contributed by atoms with Gasteiger partial charge < -0.3 is 9.30 Å². The summed E-state index contributed by atoms with van der Waals surface area (Å²) in [4.78, 5) is 43.5. The summed E-state index contributed by atoms with van der Waals surface area (Å²) in [5.41, 5.74) is -0.147. The lowest BCUT2D eigenvalue weighted by atomic mass is 10.1. The summed E-state index contributed by atoms with van der Waals surface area (Å²) >= 11 is 0. The van der Waals surface area contributed by atoms with Gasteiger partial charge in [0, 0.05) is 11.6 Å². The lowest BCUT2D eigenvalue weighted by Crippen LogP contribution is -2.41. The minimum atomic E-state index is -0.589. The van der Waals surface area contributed by atoms with Gasteiger partial charge in [-0.3, -0.25) is 14.2 Å². The predicted molar refractivity (Wildman–Crippen MR) is 117 cm³/mol. The number of fused-ring (bicyclic) bond motifs is 1.